The predicted octanol–water partition coefficient (Wildman–Crippen LogP) is 2.03. The van der Waals surface area contributed by atoms with Gasteiger partial charge in [0.2, 0.25) is 0 Å². The molecule has 0 amide bonds. The Morgan fingerprint density at radius 3 is 2.91 bits per heavy atom. The lowest BCUT2D eigenvalue weighted by molar-refractivity contribution is 0.0350. The van der Waals surface area contributed by atoms with Crippen LogP contribution in [0.5, 0.6) is 0 Å². The summed E-state index contributed by atoms with van der Waals surface area (Å²) < 4.78 is 6.04. The third kappa shape index (κ3) is 3.76. The van der Waals surface area contributed by atoms with Crippen molar-refractivity contribution in [2.75, 3.05) is 44.2 Å². The van der Waals surface area contributed by atoms with Crippen LogP contribution in [0.4, 0.5) is 5.82 Å². The average molecular weight is 300 g/mol. The van der Waals surface area contributed by atoms with Crippen molar-refractivity contribution < 1.29 is 4.74 Å². The Labute approximate surface area is 132 Å². The topological polar surface area (TPSA) is 52.4 Å². The fourth-order valence-corrected chi connectivity index (χ4v) is 3.36. The number of aromatic nitrogens is 1. The van der Waals surface area contributed by atoms with Crippen LogP contribution in [-0.2, 0) is 4.74 Å². The monoisotopic (exact) mass is 300 g/mol. The molecule has 2 fully saturated rings. The molecule has 0 bridgehead atoms. The molecule has 2 aliphatic rings. The quantitative estimate of drug-likeness (QED) is 0.855. The van der Waals surface area contributed by atoms with Crippen molar-refractivity contribution in [3.8, 4) is 6.07 Å². The fraction of sp³-hybridized carbons (Fsp3) is 0.647. The van der Waals surface area contributed by atoms with Gasteiger partial charge in [0, 0.05) is 32.4 Å². The van der Waals surface area contributed by atoms with E-state index in [0.29, 0.717) is 5.56 Å². The van der Waals surface area contributed by atoms with Gasteiger partial charge in [0.1, 0.15) is 11.9 Å². The van der Waals surface area contributed by atoms with Crippen LogP contribution in [0.25, 0.3) is 0 Å². The molecular weight excluding hydrogens is 276 g/mol. The van der Waals surface area contributed by atoms with Crippen LogP contribution in [0.1, 0.15) is 31.2 Å². The third-order valence-corrected chi connectivity index (χ3v) is 4.47. The smallest absolute Gasteiger partial charge is 0.146 e. The Hall–Kier alpha value is -1.64. The van der Waals surface area contributed by atoms with Crippen molar-refractivity contribution in [1.82, 2.24) is 9.88 Å². The van der Waals surface area contributed by atoms with E-state index in [2.05, 4.69) is 20.9 Å². The maximum absolute atomic E-state index is 9.29. The summed E-state index contributed by atoms with van der Waals surface area (Å²) in [6.45, 7) is 5.89. The zero-order valence-electron chi connectivity index (χ0n) is 13.1. The summed E-state index contributed by atoms with van der Waals surface area (Å²) in [7, 11) is 0. The van der Waals surface area contributed by atoms with E-state index in [-0.39, 0.29) is 6.10 Å². The van der Waals surface area contributed by atoms with E-state index in [9.17, 15) is 5.26 Å². The fourth-order valence-electron chi connectivity index (χ4n) is 3.36. The van der Waals surface area contributed by atoms with Gasteiger partial charge in [0.25, 0.3) is 0 Å². The molecule has 22 heavy (non-hydrogen) atoms. The molecule has 118 valence electrons. The molecule has 5 nitrogen and oxygen atoms in total. The molecule has 2 aliphatic heterocycles. The molecule has 0 unspecified atom stereocenters. The Morgan fingerprint density at radius 2 is 2.09 bits per heavy atom. The summed E-state index contributed by atoms with van der Waals surface area (Å²) in [6.07, 6.45) is 6.91. The van der Waals surface area contributed by atoms with Gasteiger partial charge in [0.05, 0.1) is 11.7 Å². The van der Waals surface area contributed by atoms with Crippen LogP contribution < -0.4 is 4.90 Å². The number of rotatable bonds is 3. The van der Waals surface area contributed by atoms with Crippen LogP contribution in [0, 0.1) is 11.3 Å². The Bertz CT molecular complexity index is 522. The highest BCUT2D eigenvalue weighted by Gasteiger charge is 2.24. The Balaban J connectivity index is 1.68. The molecule has 0 aliphatic carbocycles. The number of anilines is 1. The first-order chi connectivity index (χ1) is 10.9. The highest BCUT2D eigenvalue weighted by atomic mass is 16.5. The minimum atomic E-state index is 0.203. The highest BCUT2D eigenvalue weighted by molar-refractivity contribution is 5.53. The lowest BCUT2D eigenvalue weighted by Crippen LogP contribution is -2.42. The molecular formula is C17H24N4O. The third-order valence-electron chi connectivity index (χ3n) is 4.47. The molecule has 1 aromatic rings. The van der Waals surface area contributed by atoms with Gasteiger partial charge >= 0.3 is 0 Å². The van der Waals surface area contributed by atoms with Gasteiger partial charge in [0.15, 0.2) is 0 Å². The Morgan fingerprint density at radius 1 is 1.23 bits per heavy atom. The SMILES string of the molecule is N#Cc1cccnc1N1CCCO[C@@H](CN2CCCCC2)C1. The number of hydrogen-bond acceptors (Lipinski definition) is 5. The van der Waals surface area contributed by atoms with Crippen LogP contribution in [0.2, 0.25) is 0 Å². The number of nitrogens with zero attached hydrogens (tertiary/aromatic N) is 4. The lowest BCUT2D eigenvalue weighted by Gasteiger charge is -2.32. The summed E-state index contributed by atoms with van der Waals surface area (Å²) >= 11 is 0. The largest absolute Gasteiger partial charge is 0.375 e. The van der Waals surface area contributed by atoms with E-state index in [1.807, 2.05) is 12.1 Å². The van der Waals surface area contributed by atoms with E-state index >= 15 is 0 Å². The zero-order chi connectivity index (χ0) is 15.2. The number of hydrogen-bond donors (Lipinski definition) is 0. The van der Waals surface area contributed by atoms with Crippen molar-refractivity contribution in [3.63, 3.8) is 0 Å². The summed E-state index contributed by atoms with van der Waals surface area (Å²) in [6, 6.07) is 5.92. The Kier molecular flexibility index (Phi) is 5.25. The second kappa shape index (κ2) is 7.57. The molecule has 0 aromatic carbocycles. The van der Waals surface area contributed by atoms with Crippen molar-refractivity contribution in [1.29, 1.82) is 5.26 Å². The number of piperidine rings is 1. The van der Waals surface area contributed by atoms with E-state index in [1.165, 1.54) is 32.4 Å². The van der Waals surface area contributed by atoms with Crippen LogP contribution in [-0.4, -0.2) is 55.3 Å². The molecule has 0 saturated carbocycles. The van der Waals surface area contributed by atoms with Gasteiger partial charge in [-0.2, -0.15) is 5.26 Å². The number of nitriles is 1. The molecule has 3 rings (SSSR count). The minimum Gasteiger partial charge on any atom is -0.375 e. The second-order valence-corrected chi connectivity index (χ2v) is 6.14. The molecule has 5 heteroatoms. The maximum atomic E-state index is 9.29. The van der Waals surface area contributed by atoms with Crippen molar-refractivity contribution >= 4 is 5.82 Å². The van der Waals surface area contributed by atoms with E-state index < -0.39 is 0 Å². The molecule has 0 radical (unpaired) electrons. The van der Waals surface area contributed by atoms with Gasteiger partial charge in [-0.15, -0.1) is 0 Å². The zero-order valence-corrected chi connectivity index (χ0v) is 13.1. The van der Waals surface area contributed by atoms with Gasteiger partial charge in [-0.05, 0) is 44.5 Å². The number of ether oxygens (including phenoxy) is 1. The van der Waals surface area contributed by atoms with E-state index in [4.69, 9.17) is 4.74 Å². The first-order valence-electron chi connectivity index (χ1n) is 8.31. The van der Waals surface area contributed by atoms with Gasteiger partial charge in [-0.25, -0.2) is 4.98 Å². The van der Waals surface area contributed by atoms with Gasteiger partial charge in [-0.1, -0.05) is 6.42 Å². The van der Waals surface area contributed by atoms with Gasteiger partial charge < -0.3 is 14.5 Å². The van der Waals surface area contributed by atoms with Crippen LogP contribution in [0.15, 0.2) is 18.3 Å². The first kappa shape index (κ1) is 15.3. The van der Waals surface area contributed by atoms with Crippen molar-refractivity contribution in [2.45, 2.75) is 31.8 Å². The molecule has 2 saturated heterocycles. The van der Waals surface area contributed by atoms with Crippen LogP contribution >= 0.6 is 0 Å². The van der Waals surface area contributed by atoms with Gasteiger partial charge in [-0.3, -0.25) is 0 Å². The average Bonchev–Trinajstić information content (AvgIpc) is 2.81. The summed E-state index contributed by atoms with van der Waals surface area (Å²) in [5.74, 6) is 0.805. The molecule has 0 spiro atoms. The number of pyridine rings is 1. The minimum absolute atomic E-state index is 0.203. The van der Waals surface area contributed by atoms with E-state index in [0.717, 1.165) is 38.5 Å². The maximum Gasteiger partial charge on any atom is 0.146 e. The highest BCUT2D eigenvalue weighted by Crippen LogP contribution is 2.20. The summed E-state index contributed by atoms with van der Waals surface area (Å²) in [4.78, 5) is 9.17. The molecule has 3 heterocycles. The van der Waals surface area contributed by atoms with Crippen LogP contribution in [0.3, 0.4) is 0 Å². The molecule has 0 N–H and O–H groups in total. The standard InChI is InChI=1S/C17H24N4O/c18-12-15-6-4-7-19-17(15)21-10-5-11-22-16(14-21)13-20-8-2-1-3-9-20/h4,6-7,16H,1-3,5,8-11,13-14H2/t16-/m0/s1. The van der Waals surface area contributed by atoms with E-state index in [1.54, 1.807) is 6.20 Å². The second-order valence-electron chi connectivity index (χ2n) is 6.14. The van der Waals surface area contributed by atoms with Crippen molar-refractivity contribution in [3.05, 3.63) is 23.9 Å². The predicted molar refractivity (Wildman–Crippen MR) is 85.8 cm³/mol. The normalized spacial score (nSPS) is 23.8. The first-order valence-corrected chi connectivity index (χ1v) is 8.31. The molecule has 1 aromatic heterocycles. The molecule has 1 atom stereocenters. The number of likely N-dealkylation sites (tertiary alicyclic amines) is 1. The summed E-state index contributed by atoms with van der Waals surface area (Å²) in [5, 5.41) is 9.29. The summed E-state index contributed by atoms with van der Waals surface area (Å²) in [5.41, 5.74) is 0.654. The van der Waals surface area contributed by atoms with Crippen molar-refractivity contribution in [2.24, 2.45) is 0 Å². The lowest BCUT2D eigenvalue weighted by atomic mass is 10.1.